The molecule has 6 heteroatoms. The predicted octanol–water partition coefficient (Wildman–Crippen LogP) is 2.16. The lowest BCUT2D eigenvalue weighted by Gasteiger charge is -2.38. The Hall–Kier alpha value is -0.520. The fraction of sp³-hybridized carbons (Fsp3) is 0.571. The van der Waals surface area contributed by atoms with Crippen molar-refractivity contribution in [2.45, 2.75) is 25.0 Å². The van der Waals surface area contributed by atoms with Gasteiger partial charge in [-0.2, -0.15) is 0 Å². The largest absolute Gasteiger partial charge is 0.490 e. The number of aliphatic hydroxyl groups excluding tert-OH is 1. The number of hydrogen-bond acceptors (Lipinski definition) is 4. The summed E-state index contributed by atoms with van der Waals surface area (Å²) in [5.74, 6) is 0.732. The summed E-state index contributed by atoms with van der Waals surface area (Å²) in [5.41, 5.74) is 5.81. The first-order valence-corrected chi connectivity index (χ1v) is 7.56. The number of nitrogens with zero attached hydrogens (tertiary/aromatic N) is 1. The fourth-order valence-corrected chi connectivity index (χ4v) is 2.87. The molecule has 0 aliphatic carbocycles. The van der Waals surface area contributed by atoms with E-state index in [9.17, 15) is 0 Å². The molecule has 0 bridgehead atoms. The maximum Gasteiger partial charge on any atom is 0.121 e. The van der Waals surface area contributed by atoms with Gasteiger partial charge in [-0.25, -0.2) is 0 Å². The fourth-order valence-electron chi connectivity index (χ4n) is 2.58. The van der Waals surface area contributed by atoms with Crippen LogP contribution >= 0.6 is 23.2 Å². The molecular formula is C14H20Cl2N2O2. The van der Waals surface area contributed by atoms with Gasteiger partial charge >= 0.3 is 0 Å². The van der Waals surface area contributed by atoms with Crippen LogP contribution in [0.2, 0.25) is 10.0 Å². The molecule has 3 N–H and O–H groups in total. The van der Waals surface area contributed by atoms with Crippen LogP contribution < -0.4 is 10.5 Å². The summed E-state index contributed by atoms with van der Waals surface area (Å²) in [4.78, 5) is 2.22. The van der Waals surface area contributed by atoms with E-state index in [1.54, 1.807) is 12.1 Å². The topological polar surface area (TPSA) is 58.7 Å². The Bertz CT molecular complexity index is 445. The summed E-state index contributed by atoms with van der Waals surface area (Å²) < 4.78 is 5.96. The van der Waals surface area contributed by atoms with Crippen LogP contribution in [-0.2, 0) is 0 Å². The number of hydrogen-bond donors (Lipinski definition) is 2. The van der Waals surface area contributed by atoms with Crippen molar-refractivity contribution in [1.82, 2.24) is 4.90 Å². The molecule has 2 atom stereocenters. The quantitative estimate of drug-likeness (QED) is 0.873. The summed E-state index contributed by atoms with van der Waals surface area (Å²) in [7, 11) is 0. The van der Waals surface area contributed by atoms with Crippen LogP contribution in [0.1, 0.15) is 12.8 Å². The maximum absolute atomic E-state index is 9.05. The zero-order valence-electron chi connectivity index (χ0n) is 11.3. The van der Waals surface area contributed by atoms with Crippen LogP contribution in [0.5, 0.6) is 5.75 Å². The van der Waals surface area contributed by atoms with Gasteiger partial charge in [-0.1, -0.05) is 23.2 Å². The Balaban J connectivity index is 1.95. The minimum Gasteiger partial charge on any atom is -0.490 e. The van der Waals surface area contributed by atoms with Gasteiger partial charge in [-0.3, -0.25) is 4.90 Å². The number of benzene rings is 1. The average Bonchev–Trinajstić information content (AvgIpc) is 2.45. The smallest absolute Gasteiger partial charge is 0.121 e. The minimum absolute atomic E-state index is 0.121. The van der Waals surface area contributed by atoms with Crippen molar-refractivity contribution in [2.75, 3.05) is 26.2 Å². The molecule has 0 amide bonds. The molecule has 1 aromatic rings. The Morgan fingerprint density at radius 2 is 2.15 bits per heavy atom. The molecule has 0 saturated carbocycles. The molecule has 20 heavy (non-hydrogen) atoms. The number of ether oxygens (including phenoxy) is 1. The molecule has 2 unspecified atom stereocenters. The van der Waals surface area contributed by atoms with Crippen LogP contribution in [0.15, 0.2) is 18.2 Å². The highest BCUT2D eigenvalue weighted by atomic mass is 35.5. The zero-order chi connectivity index (χ0) is 14.5. The third kappa shape index (κ3) is 3.99. The molecule has 112 valence electrons. The maximum atomic E-state index is 9.05. The number of piperidine rings is 1. The van der Waals surface area contributed by atoms with Gasteiger partial charge in [0, 0.05) is 38.2 Å². The lowest BCUT2D eigenvalue weighted by Crippen LogP contribution is -2.50. The minimum atomic E-state index is 0.121. The van der Waals surface area contributed by atoms with Gasteiger partial charge in [-0.15, -0.1) is 0 Å². The van der Waals surface area contributed by atoms with Crippen molar-refractivity contribution in [3.05, 3.63) is 28.2 Å². The zero-order valence-corrected chi connectivity index (χ0v) is 12.8. The molecule has 1 fully saturated rings. The van der Waals surface area contributed by atoms with Crippen molar-refractivity contribution in [1.29, 1.82) is 0 Å². The van der Waals surface area contributed by atoms with E-state index in [-0.39, 0.29) is 18.8 Å². The highest BCUT2D eigenvalue weighted by molar-refractivity contribution is 6.42. The molecule has 0 aromatic heterocycles. The van der Waals surface area contributed by atoms with E-state index in [0.717, 1.165) is 25.1 Å². The summed E-state index contributed by atoms with van der Waals surface area (Å²) >= 11 is 11.9. The Labute approximate surface area is 129 Å². The van der Waals surface area contributed by atoms with Crippen LogP contribution in [0, 0.1) is 0 Å². The van der Waals surface area contributed by atoms with E-state index in [1.807, 2.05) is 6.07 Å². The Morgan fingerprint density at radius 1 is 1.35 bits per heavy atom. The SMILES string of the molecule is NCC1CC(Oc2ccc(Cl)c(Cl)c2)CCN1CCO. The normalized spacial score (nSPS) is 23.8. The highest BCUT2D eigenvalue weighted by Gasteiger charge is 2.28. The molecule has 1 aromatic carbocycles. The lowest BCUT2D eigenvalue weighted by atomic mass is 9.99. The van der Waals surface area contributed by atoms with Crippen LogP contribution in [-0.4, -0.2) is 48.4 Å². The molecule has 1 heterocycles. The van der Waals surface area contributed by atoms with Crippen LogP contribution in [0.3, 0.4) is 0 Å². The van der Waals surface area contributed by atoms with Crippen molar-refractivity contribution in [2.24, 2.45) is 5.73 Å². The average molecular weight is 319 g/mol. The third-order valence-corrected chi connectivity index (χ3v) is 4.38. The summed E-state index contributed by atoms with van der Waals surface area (Å²) in [6, 6.07) is 5.55. The van der Waals surface area contributed by atoms with E-state index in [0.29, 0.717) is 23.1 Å². The molecule has 4 nitrogen and oxygen atoms in total. The van der Waals surface area contributed by atoms with Crippen molar-refractivity contribution >= 4 is 23.2 Å². The van der Waals surface area contributed by atoms with Gasteiger partial charge in [0.15, 0.2) is 0 Å². The van der Waals surface area contributed by atoms with Crippen LogP contribution in [0.25, 0.3) is 0 Å². The molecule has 0 spiro atoms. The number of β-amino-alcohol motifs (C(OH)–C–C–N with tert-alkyl or cyclic N) is 1. The van der Waals surface area contributed by atoms with Crippen LogP contribution in [0.4, 0.5) is 0 Å². The van der Waals surface area contributed by atoms with Crippen molar-refractivity contribution in [3.63, 3.8) is 0 Å². The number of rotatable bonds is 5. The van der Waals surface area contributed by atoms with Gasteiger partial charge in [0.05, 0.1) is 16.7 Å². The monoisotopic (exact) mass is 318 g/mol. The highest BCUT2D eigenvalue weighted by Crippen LogP contribution is 2.28. The molecular weight excluding hydrogens is 299 g/mol. The lowest BCUT2D eigenvalue weighted by molar-refractivity contribution is 0.0486. The van der Waals surface area contributed by atoms with E-state index in [2.05, 4.69) is 4.90 Å². The second-order valence-electron chi connectivity index (χ2n) is 4.99. The van der Waals surface area contributed by atoms with Crippen molar-refractivity contribution in [3.8, 4) is 5.75 Å². The van der Waals surface area contributed by atoms with Gasteiger partial charge in [0.1, 0.15) is 11.9 Å². The first-order chi connectivity index (χ1) is 9.63. The number of aliphatic hydroxyl groups is 1. The molecule has 2 rings (SSSR count). The predicted molar refractivity (Wildman–Crippen MR) is 81.6 cm³/mol. The number of halogens is 2. The summed E-state index contributed by atoms with van der Waals surface area (Å²) in [6.45, 7) is 2.28. The van der Waals surface area contributed by atoms with Gasteiger partial charge in [0.25, 0.3) is 0 Å². The molecule has 1 aliphatic heterocycles. The standard InChI is InChI=1S/C14H20Cl2N2O2/c15-13-2-1-11(8-14(13)16)20-12-3-4-18(5-6-19)10(7-12)9-17/h1-2,8,10,12,19H,3-7,9,17H2. The summed E-state index contributed by atoms with van der Waals surface area (Å²) in [5, 5.41) is 10.1. The van der Waals surface area contributed by atoms with E-state index in [4.69, 9.17) is 38.8 Å². The van der Waals surface area contributed by atoms with E-state index < -0.39 is 0 Å². The third-order valence-electron chi connectivity index (χ3n) is 3.64. The number of likely N-dealkylation sites (tertiary alicyclic amines) is 1. The van der Waals surface area contributed by atoms with E-state index >= 15 is 0 Å². The van der Waals surface area contributed by atoms with Gasteiger partial charge in [0.2, 0.25) is 0 Å². The second-order valence-corrected chi connectivity index (χ2v) is 5.80. The molecule has 1 aliphatic rings. The summed E-state index contributed by atoms with van der Waals surface area (Å²) in [6.07, 6.45) is 1.89. The molecule has 1 saturated heterocycles. The second kappa shape index (κ2) is 7.48. The first-order valence-electron chi connectivity index (χ1n) is 6.80. The number of nitrogens with two attached hydrogens (primary N) is 1. The Kier molecular flexibility index (Phi) is 5.93. The van der Waals surface area contributed by atoms with Crippen molar-refractivity contribution < 1.29 is 9.84 Å². The molecule has 0 radical (unpaired) electrons. The van der Waals surface area contributed by atoms with Gasteiger partial charge < -0.3 is 15.6 Å². The first kappa shape index (κ1) is 15.9. The Morgan fingerprint density at radius 3 is 2.80 bits per heavy atom. The van der Waals surface area contributed by atoms with Gasteiger partial charge in [-0.05, 0) is 18.6 Å². The van der Waals surface area contributed by atoms with E-state index in [1.165, 1.54) is 0 Å².